The highest BCUT2D eigenvalue weighted by molar-refractivity contribution is 5.95. The molecule has 3 fully saturated rings. The van der Waals surface area contributed by atoms with Gasteiger partial charge < -0.3 is 4.90 Å². The smallest absolute Gasteiger partial charge is 0.254 e. The SMILES string of the molecule is Cc1ccccc1C(=O)N1CC[C@]2(CCCN2CC2CC2)C1. The second-order valence-corrected chi connectivity index (χ2v) is 7.51. The van der Waals surface area contributed by atoms with E-state index in [1.165, 1.54) is 38.8 Å². The van der Waals surface area contributed by atoms with Gasteiger partial charge in [0.05, 0.1) is 0 Å². The maximum atomic E-state index is 12.9. The van der Waals surface area contributed by atoms with Gasteiger partial charge in [-0.05, 0) is 63.1 Å². The quantitative estimate of drug-likeness (QED) is 0.856. The number of carbonyl (C=O) groups is 1. The first-order valence-corrected chi connectivity index (χ1v) is 8.78. The summed E-state index contributed by atoms with van der Waals surface area (Å²) in [6.07, 6.45) is 6.57. The maximum Gasteiger partial charge on any atom is 0.254 e. The lowest BCUT2D eigenvalue weighted by atomic mass is 9.95. The van der Waals surface area contributed by atoms with Crippen molar-refractivity contribution < 1.29 is 4.79 Å². The van der Waals surface area contributed by atoms with Gasteiger partial charge in [0.2, 0.25) is 0 Å². The molecule has 0 aromatic heterocycles. The summed E-state index contributed by atoms with van der Waals surface area (Å²) >= 11 is 0. The number of carbonyl (C=O) groups excluding carboxylic acids is 1. The minimum atomic E-state index is 0.230. The van der Waals surface area contributed by atoms with Crippen LogP contribution in [0, 0.1) is 12.8 Å². The summed E-state index contributed by atoms with van der Waals surface area (Å²) in [5, 5.41) is 0. The van der Waals surface area contributed by atoms with Gasteiger partial charge in [0.15, 0.2) is 0 Å². The fourth-order valence-electron chi connectivity index (χ4n) is 4.37. The first-order valence-electron chi connectivity index (χ1n) is 8.78. The predicted octanol–water partition coefficient (Wildman–Crippen LogP) is 3.09. The third-order valence-electron chi connectivity index (χ3n) is 5.91. The highest BCUT2D eigenvalue weighted by Crippen LogP contribution is 2.41. The van der Waals surface area contributed by atoms with E-state index >= 15 is 0 Å². The van der Waals surface area contributed by atoms with Gasteiger partial charge in [0, 0.05) is 30.7 Å². The van der Waals surface area contributed by atoms with Crippen molar-refractivity contribution in [3.05, 3.63) is 35.4 Å². The summed E-state index contributed by atoms with van der Waals surface area (Å²) in [6.45, 7) is 6.41. The standard InChI is InChI=1S/C19H26N2O/c1-15-5-2-3-6-17(15)18(22)20-12-10-19(14-20)9-4-11-21(19)13-16-7-8-16/h2-3,5-6,16H,4,7-14H2,1H3/t19-/m1/s1. The highest BCUT2D eigenvalue weighted by Gasteiger charge is 2.48. The molecule has 4 rings (SSSR count). The maximum absolute atomic E-state index is 12.9. The summed E-state index contributed by atoms with van der Waals surface area (Å²) in [5.74, 6) is 1.17. The lowest BCUT2D eigenvalue weighted by Gasteiger charge is -2.35. The second kappa shape index (κ2) is 5.38. The van der Waals surface area contributed by atoms with Crippen LogP contribution in [0.2, 0.25) is 0 Å². The number of amides is 1. The van der Waals surface area contributed by atoms with Gasteiger partial charge in [-0.3, -0.25) is 9.69 Å². The largest absolute Gasteiger partial charge is 0.337 e. The molecular formula is C19H26N2O. The zero-order valence-electron chi connectivity index (χ0n) is 13.6. The van der Waals surface area contributed by atoms with Crippen molar-refractivity contribution in [2.75, 3.05) is 26.2 Å². The van der Waals surface area contributed by atoms with Crippen LogP contribution in [-0.2, 0) is 0 Å². The van der Waals surface area contributed by atoms with Gasteiger partial charge >= 0.3 is 0 Å². The Hall–Kier alpha value is -1.35. The average Bonchev–Trinajstić information content (AvgIpc) is 3.11. The zero-order valence-corrected chi connectivity index (χ0v) is 13.6. The van der Waals surface area contributed by atoms with Gasteiger partial charge in [-0.25, -0.2) is 0 Å². The van der Waals surface area contributed by atoms with Crippen molar-refractivity contribution >= 4 is 5.91 Å². The van der Waals surface area contributed by atoms with Gasteiger partial charge in [0.25, 0.3) is 5.91 Å². The minimum Gasteiger partial charge on any atom is -0.337 e. The van der Waals surface area contributed by atoms with Crippen molar-refractivity contribution in [3.8, 4) is 0 Å². The molecule has 3 heteroatoms. The molecule has 1 saturated carbocycles. The molecule has 0 radical (unpaired) electrons. The van der Waals surface area contributed by atoms with E-state index in [9.17, 15) is 4.79 Å². The van der Waals surface area contributed by atoms with Crippen LogP contribution in [0.25, 0.3) is 0 Å². The Balaban J connectivity index is 1.49. The van der Waals surface area contributed by atoms with Gasteiger partial charge in [-0.2, -0.15) is 0 Å². The molecule has 1 amide bonds. The van der Waals surface area contributed by atoms with E-state index in [4.69, 9.17) is 0 Å². The molecule has 1 aromatic rings. The molecule has 3 nitrogen and oxygen atoms in total. The molecular weight excluding hydrogens is 272 g/mol. The number of hydrogen-bond acceptors (Lipinski definition) is 2. The molecule has 1 spiro atoms. The Morgan fingerprint density at radius 1 is 1.23 bits per heavy atom. The van der Waals surface area contributed by atoms with Gasteiger partial charge in [-0.15, -0.1) is 0 Å². The summed E-state index contributed by atoms with van der Waals surface area (Å²) in [5.41, 5.74) is 2.27. The Morgan fingerprint density at radius 3 is 2.82 bits per heavy atom. The van der Waals surface area contributed by atoms with Crippen LogP contribution in [-0.4, -0.2) is 47.4 Å². The van der Waals surface area contributed by atoms with Crippen LogP contribution < -0.4 is 0 Å². The van der Waals surface area contributed by atoms with E-state index in [2.05, 4.69) is 9.80 Å². The van der Waals surface area contributed by atoms with E-state index in [1.54, 1.807) is 0 Å². The summed E-state index contributed by atoms with van der Waals surface area (Å²) in [4.78, 5) is 17.7. The van der Waals surface area contributed by atoms with Crippen LogP contribution in [0.1, 0.15) is 48.0 Å². The molecule has 2 heterocycles. The summed E-state index contributed by atoms with van der Waals surface area (Å²) < 4.78 is 0. The van der Waals surface area contributed by atoms with Crippen molar-refractivity contribution in [1.82, 2.24) is 9.80 Å². The lowest BCUT2D eigenvalue weighted by Crippen LogP contribution is -2.47. The Morgan fingerprint density at radius 2 is 2.05 bits per heavy atom. The van der Waals surface area contributed by atoms with Crippen LogP contribution in [0.5, 0.6) is 0 Å². The van der Waals surface area contributed by atoms with Crippen LogP contribution in [0.4, 0.5) is 0 Å². The third-order valence-corrected chi connectivity index (χ3v) is 5.91. The average molecular weight is 298 g/mol. The second-order valence-electron chi connectivity index (χ2n) is 7.51. The van der Waals surface area contributed by atoms with Crippen LogP contribution in [0.15, 0.2) is 24.3 Å². The van der Waals surface area contributed by atoms with Gasteiger partial charge in [-0.1, -0.05) is 18.2 Å². The normalized spacial score (nSPS) is 28.7. The molecule has 0 bridgehead atoms. The fraction of sp³-hybridized carbons (Fsp3) is 0.632. The van der Waals surface area contributed by atoms with Crippen molar-refractivity contribution in [1.29, 1.82) is 0 Å². The Bertz CT molecular complexity index is 581. The number of benzene rings is 1. The number of nitrogens with zero attached hydrogens (tertiary/aromatic N) is 2. The van der Waals surface area contributed by atoms with E-state index in [1.807, 2.05) is 31.2 Å². The van der Waals surface area contributed by atoms with Crippen molar-refractivity contribution in [3.63, 3.8) is 0 Å². The first-order chi connectivity index (χ1) is 10.7. The summed E-state index contributed by atoms with van der Waals surface area (Å²) in [7, 11) is 0. The lowest BCUT2D eigenvalue weighted by molar-refractivity contribution is 0.0743. The van der Waals surface area contributed by atoms with Gasteiger partial charge in [0.1, 0.15) is 0 Å². The van der Waals surface area contributed by atoms with E-state index in [0.29, 0.717) is 5.54 Å². The van der Waals surface area contributed by atoms with E-state index in [0.717, 1.165) is 36.6 Å². The number of rotatable bonds is 3. The third kappa shape index (κ3) is 2.45. The molecule has 22 heavy (non-hydrogen) atoms. The first kappa shape index (κ1) is 14.3. The Kier molecular flexibility index (Phi) is 3.48. The fourth-order valence-corrected chi connectivity index (χ4v) is 4.37. The molecule has 0 unspecified atom stereocenters. The monoisotopic (exact) mass is 298 g/mol. The number of hydrogen-bond donors (Lipinski definition) is 0. The number of likely N-dealkylation sites (tertiary alicyclic amines) is 2. The molecule has 3 aliphatic rings. The Labute approximate surface area is 133 Å². The minimum absolute atomic E-state index is 0.230. The molecule has 1 aliphatic carbocycles. The zero-order chi connectivity index (χ0) is 15.2. The molecule has 2 aliphatic heterocycles. The predicted molar refractivity (Wildman–Crippen MR) is 88.0 cm³/mol. The van der Waals surface area contributed by atoms with Crippen LogP contribution >= 0.6 is 0 Å². The van der Waals surface area contributed by atoms with Crippen molar-refractivity contribution in [2.24, 2.45) is 5.92 Å². The van der Waals surface area contributed by atoms with Crippen molar-refractivity contribution in [2.45, 2.75) is 44.6 Å². The van der Waals surface area contributed by atoms with E-state index < -0.39 is 0 Å². The molecule has 1 atom stereocenters. The molecule has 0 N–H and O–H groups in total. The molecule has 1 aromatic carbocycles. The van der Waals surface area contributed by atoms with Crippen LogP contribution in [0.3, 0.4) is 0 Å². The number of aryl methyl sites for hydroxylation is 1. The van der Waals surface area contributed by atoms with E-state index in [-0.39, 0.29) is 5.91 Å². The topological polar surface area (TPSA) is 23.6 Å². The highest BCUT2D eigenvalue weighted by atomic mass is 16.2. The molecule has 118 valence electrons. The molecule has 2 saturated heterocycles. The summed E-state index contributed by atoms with van der Waals surface area (Å²) in [6, 6.07) is 7.99.